The summed E-state index contributed by atoms with van der Waals surface area (Å²) >= 11 is 0. The number of ether oxygens (including phenoxy) is 2. The first kappa shape index (κ1) is 18.6. The molecule has 1 aromatic carbocycles. The molecule has 0 radical (unpaired) electrons. The van der Waals surface area contributed by atoms with Gasteiger partial charge in [-0.1, -0.05) is 13.0 Å². The lowest BCUT2D eigenvalue weighted by Crippen LogP contribution is -2.36. The maximum atomic E-state index is 11.0. The molecule has 1 aliphatic carbocycles. The molecule has 0 amide bonds. The van der Waals surface area contributed by atoms with Crippen molar-refractivity contribution in [2.24, 2.45) is 5.92 Å². The van der Waals surface area contributed by atoms with Crippen LogP contribution in [0.4, 0.5) is 0 Å². The van der Waals surface area contributed by atoms with E-state index in [0.717, 1.165) is 49.2 Å². The number of carbonyl (C=O) groups is 1. The largest absolute Gasteiger partial charge is 0.493 e. The quantitative estimate of drug-likeness (QED) is 0.757. The fourth-order valence-corrected chi connectivity index (χ4v) is 3.24. The monoisotopic (exact) mass is 335 g/mol. The van der Waals surface area contributed by atoms with Crippen molar-refractivity contribution >= 4 is 5.97 Å². The predicted octanol–water partition coefficient (Wildman–Crippen LogP) is 3.78. The number of hydrogen-bond acceptors (Lipinski definition) is 4. The highest BCUT2D eigenvalue weighted by Gasteiger charge is 2.26. The molecular formula is C19H29NO4. The molecule has 0 heterocycles. The van der Waals surface area contributed by atoms with Crippen molar-refractivity contribution in [1.82, 2.24) is 5.32 Å². The minimum absolute atomic E-state index is 0.173. The van der Waals surface area contributed by atoms with Crippen molar-refractivity contribution in [3.63, 3.8) is 0 Å². The lowest BCUT2D eigenvalue weighted by atomic mass is 9.85. The molecule has 1 fully saturated rings. The van der Waals surface area contributed by atoms with Crippen molar-refractivity contribution in [1.29, 1.82) is 0 Å². The molecule has 0 bridgehead atoms. The van der Waals surface area contributed by atoms with Crippen LogP contribution in [0.5, 0.6) is 11.5 Å². The van der Waals surface area contributed by atoms with Gasteiger partial charge in [-0.2, -0.15) is 0 Å². The van der Waals surface area contributed by atoms with E-state index in [1.165, 1.54) is 0 Å². The van der Waals surface area contributed by atoms with E-state index >= 15 is 0 Å². The van der Waals surface area contributed by atoms with E-state index in [1.54, 1.807) is 7.11 Å². The third-order valence-corrected chi connectivity index (χ3v) is 4.71. The Kier molecular flexibility index (Phi) is 6.91. The van der Waals surface area contributed by atoms with Crippen molar-refractivity contribution in [3.05, 3.63) is 23.8 Å². The van der Waals surface area contributed by atoms with E-state index in [1.807, 2.05) is 12.1 Å². The lowest BCUT2D eigenvalue weighted by molar-refractivity contribution is -0.142. The summed E-state index contributed by atoms with van der Waals surface area (Å²) in [4.78, 5) is 11.0. The summed E-state index contributed by atoms with van der Waals surface area (Å²) in [5.41, 5.74) is 1.15. The average molecular weight is 335 g/mol. The topological polar surface area (TPSA) is 67.8 Å². The van der Waals surface area contributed by atoms with Gasteiger partial charge in [0.15, 0.2) is 11.5 Å². The second-order valence-electron chi connectivity index (χ2n) is 6.53. The van der Waals surface area contributed by atoms with E-state index in [9.17, 15) is 4.79 Å². The molecule has 0 aliphatic heterocycles. The van der Waals surface area contributed by atoms with Crippen LogP contribution in [-0.2, 0) is 4.79 Å². The van der Waals surface area contributed by atoms with Crippen molar-refractivity contribution in [2.45, 2.75) is 58.0 Å². The van der Waals surface area contributed by atoms with Gasteiger partial charge in [0.25, 0.3) is 0 Å². The molecule has 24 heavy (non-hydrogen) atoms. The number of carboxylic acid groups (broad SMARTS) is 1. The molecule has 0 saturated heterocycles. The number of benzene rings is 1. The van der Waals surface area contributed by atoms with E-state index in [0.29, 0.717) is 12.6 Å². The Morgan fingerprint density at radius 3 is 2.58 bits per heavy atom. The zero-order valence-electron chi connectivity index (χ0n) is 14.9. The van der Waals surface area contributed by atoms with Crippen LogP contribution in [-0.4, -0.2) is 30.8 Å². The molecule has 1 aliphatic rings. The lowest BCUT2D eigenvalue weighted by Gasteiger charge is -2.30. The van der Waals surface area contributed by atoms with Gasteiger partial charge in [0.2, 0.25) is 0 Å². The molecule has 0 spiro atoms. The minimum atomic E-state index is -0.658. The zero-order valence-corrected chi connectivity index (χ0v) is 14.9. The summed E-state index contributed by atoms with van der Waals surface area (Å²) in [6.45, 7) is 4.88. The van der Waals surface area contributed by atoms with Gasteiger partial charge in [0.1, 0.15) is 0 Å². The highest BCUT2D eigenvalue weighted by atomic mass is 16.5. The summed E-state index contributed by atoms with van der Waals surface area (Å²) in [7, 11) is 1.66. The van der Waals surface area contributed by atoms with Crippen LogP contribution in [0.15, 0.2) is 18.2 Å². The van der Waals surface area contributed by atoms with Crippen LogP contribution in [0.25, 0.3) is 0 Å². The van der Waals surface area contributed by atoms with Gasteiger partial charge in [-0.25, -0.2) is 0 Å². The van der Waals surface area contributed by atoms with Crippen LogP contribution in [0.2, 0.25) is 0 Å². The molecule has 1 unspecified atom stereocenters. The molecule has 134 valence electrons. The number of methoxy groups -OCH3 is 1. The number of rotatable bonds is 8. The highest BCUT2D eigenvalue weighted by Crippen LogP contribution is 2.31. The molecule has 1 saturated carbocycles. The van der Waals surface area contributed by atoms with Crippen LogP contribution in [0.3, 0.4) is 0 Å². The summed E-state index contributed by atoms with van der Waals surface area (Å²) in [5.74, 6) is 0.698. The summed E-state index contributed by atoms with van der Waals surface area (Å²) < 4.78 is 11.1. The van der Waals surface area contributed by atoms with E-state index in [2.05, 4.69) is 25.2 Å². The highest BCUT2D eigenvalue weighted by molar-refractivity contribution is 5.70. The molecular weight excluding hydrogens is 306 g/mol. The number of nitrogens with one attached hydrogen (secondary N) is 1. The van der Waals surface area contributed by atoms with Gasteiger partial charge in [0, 0.05) is 12.1 Å². The molecule has 5 nitrogen and oxygen atoms in total. The van der Waals surface area contributed by atoms with Gasteiger partial charge >= 0.3 is 5.97 Å². The molecule has 2 rings (SSSR count). The minimum Gasteiger partial charge on any atom is -0.493 e. The van der Waals surface area contributed by atoms with E-state index < -0.39 is 5.97 Å². The zero-order chi connectivity index (χ0) is 17.5. The first-order valence-corrected chi connectivity index (χ1v) is 8.84. The Morgan fingerprint density at radius 1 is 1.29 bits per heavy atom. The maximum absolute atomic E-state index is 11.0. The van der Waals surface area contributed by atoms with Gasteiger partial charge in [0.05, 0.1) is 19.6 Å². The predicted molar refractivity (Wildman–Crippen MR) is 93.7 cm³/mol. The molecule has 5 heteroatoms. The van der Waals surface area contributed by atoms with Crippen LogP contribution < -0.4 is 14.8 Å². The summed E-state index contributed by atoms with van der Waals surface area (Å²) in [6.07, 6.45) is 4.30. The second-order valence-corrected chi connectivity index (χ2v) is 6.53. The summed E-state index contributed by atoms with van der Waals surface area (Å²) in [5, 5.41) is 12.7. The standard InChI is InChI=1S/C19H29NO4/c1-4-11-24-17-10-7-15(12-18(17)23-3)13(2)20-16-8-5-14(6-9-16)19(21)22/h7,10,12-14,16,20H,4-6,8-9,11H2,1-3H3,(H,21,22). The third kappa shape index (κ3) is 4.87. The molecule has 1 aromatic rings. The van der Waals surface area contributed by atoms with Gasteiger partial charge < -0.3 is 19.9 Å². The maximum Gasteiger partial charge on any atom is 0.306 e. The second kappa shape index (κ2) is 8.92. The van der Waals surface area contributed by atoms with E-state index in [4.69, 9.17) is 14.6 Å². The van der Waals surface area contributed by atoms with Crippen molar-refractivity contribution in [2.75, 3.05) is 13.7 Å². The Labute approximate surface area is 144 Å². The first-order valence-electron chi connectivity index (χ1n) is 8.84. The molecule has 0 aromatic heterocycles. The Balaban J connectivity index is 1.94. The molecule has 2 N–H and O–H groups in total. The number of hydrogen-bond donors (Lipinski definition) is 2. The summed E-state index contributed by atoms with van der Waals surface area (Å²) in [6, 6.07) is 6.60. The number of aliphatic carboxylic acids is 1. The van der Waals surface area contributed by atoms with Crippen molar-refractivity contribution in [3.8, 4) is 11.5 Å². The van der Waals surface area contributed by atoms with Crippen LogP contribution >= 0.6 is 0 Å². The fourth-order valence-electron chi connectivity index (χ4n) is 3.24. The normalized spacial score (nSPS) is 22.0. The van der Waals surface area contributed by atoms with Crippen molar-refractivity contribution < 1.29 is 19.4 Å². The Morgan fingerprint density at radius 2 is 2.00 bits per heavy atom. The third-order valence-electron chi connectivity index (χ3n) is 4.71. The molecule has 1 atom stereocenters. The van der Waals surface area contributed by atoms with Gasteiger partial charge in [-0.15, -0.1) is 0 Å². The fraction of sp³-hybridized carbons (Fsp3) is 0.632. The van der Waals surface area contributed by atoms with E-state index in [-0.39, 0.29) is 12.0 Å². The van der Waals surface area contributed by atoms with Crippen LogP contribution in [0.1, 0.15) is 57.6 Å². The smallest absolute Gasteiger partial charge is 0.306 e. The Bertz CT molecular complexity index is 538. The Hall–Kier alpha value is -1.75. The number of carboxylic acids is 1. The van der Waals surface area contributed by atoms with Crippen LogP contribution in [0, 0.1) is 5.92 Å². The first-order chi connectivity index (χ1) is 11.5. The SMILES string of the molecule is CCCOc1ccc(C(C)NC2CCC(C(=O)O)CC2)cc1OC. The van der Waals surface area contributed by atoms with Gasteiger partial charge in [-0.05, 0) is 56.7 Å². The van der Waals surface area contributed by atoms with Gasteiger partial charge in [-0.3, -0.25) is 4.79 Å². The average Bonchev–Trinajstić information content (AvgIpc) is 2.60.